The van der Waals surface area contributed by atoms with Crippen LogP contribution in [0.1, 0.15) is 33.3 Å². The standard InChI is InChI=1S/C21H39N7.HI/c1-17(2)28(18(3)4)11-10-24-21(22-5)25-16-19-8-7-9-23-20(19)27-14-12-26(6)13-15-27;/h7-9,17-18H,10-16H2,1-6H3,(H2,22,24,25);1H. The highest BCUT2D eigenvalue weighted by Crippen LogP contribution is 2.18. The summed E-state index contributed by atoms with van der Waals surface area (Å²) in [5.41, 5.74) is 1.21. The van der Waals surface area contributed by atoms with Gasteiger partial charge >= 0.3 is 0 Å². The summed E-state index contributed by atoms with van der Waals surface area (Å²) >= 11 is 0. The second-order valence-corrected chi connectivity index (χ2v) is 8.05. The molecular weight excluding hydrogens is 477 g/mol. The van der Waals surface area contributed by atoms with Crippen LogP contribution >= 0.6 is 24.0 Å². The number of pyridine rings is 1. The maximum Gasteiger partial charge on any atom is 0.191 e. The minimum absolute atomic E-state index is 0. The van der Waals surface area contributed by atoms with Gasteiger partial charge in [0.15, 0.2) is 5.96 Å². The molecular formula is C21H40IN7. The monoisotopic (exact) mass is 517 g/mol. The molecule has 0 spiro atoms. The van der Waals surface area contributed by atoms with Gasteiger partial charge in [-0.05, 0) is 40.8 Å². The quantitative estimate of drug-likeness (QED) is 0.314. The van der Waals surface area contributed by atoms with E-state index in [-0.39, 0.29) is 24.0 Å². The first-order chi connectivity index (χ1) is 13.4. The number of piperazine rings is 1. The van der Waals surface area contributed by atoms with E-state index in [0.29, 0.717) is 18.6 Å². The van der Waals surface area contributed by atoms with Gasteiger partial charge in [0.05, 0.1) is 0 Å². The smallest absolute Gasteiger partial charge is 0.191 e. The molecule has 1 aromatic heterocycles. The predicted octanol–water partition coefficient (Wildman–Crippen LogP) is 2.24. The van der Waals surface area contributed by atoms with Crippen molar-refractivity contribution in [2.24, 2.45) is 4.99 Å². The summed E-state index contributed by atoms with van der Waals surface area (Å²) in [5.74, 6) is 1.92. The Hall–Kier alpha value is -1.13. The molecule has 1 aromatic rings. The van der Waals surface area contributed by atoms with Gasteiger partial charge in [0, 0.05) is 76.7 Å². The Morgan fingerprint density at radius 1 is 1.14 bits per heavy atom. The Balaban J connectivity index is 0.00000420. The average molecular weight is 518 g/mol. The van der Waals surface area contributed by atoms with Gasteiger partial charge in [-0.1, -0.05) is 6.07 Å². The molecule has 2 heterocycles. The maximum absolute atomic E-state index is 4.66. The van der Waals surface area contributed by atoms with Crippen molar-refractivity contribution in [1.29, 1.82) is 0 Å². The van der Waals surface area contributed by atoms with Gasteiger partial charge in [-0.25, -0.2) is 4.98 Å². The van der Waals surface area contributed by atoms with Crippen molar-refractivity contribution >= 4 is 35.8 Å². The Morgan fingerprint density at radius 3 is 2.38 bits per heavy atom. The lowest BCUT2D eigenvalue weighted by Gasteiger charge is -2.34. The summed E-state index contributed by atoms with van der Waals surface area (Å²) in [7, 11) is 4.00. The third-order valence-electron chi connectivity index (χ3n) is 5.33. The average Bonchev–Trinajstić information content (AvgIpc) is 2.68. The Kier molecular flexibility index (Phi) is 11.8. The van der Waals surface area contributed by atoms with E-state index in [1.807, 2.05) is 19.3 Å². The number of hydrogen-bond donors (Lipinski definition) is 2. The van der Waals surface area contributed by atoms with Crippen molar-refractivity contribution in [1.82, 2.24) is 25.4 Å². The van der Waals surface area contributed by atoms with E-state index in [9.17, 15) is 0 Å². The maximum atomic E-state index is 4.66. The largest absolute Gasteiger partial charge is 0.355 e. The molecule has 2 N–H and O–H groups in total. The third kappa shape index (κ3) is 8.25. The van der Waals surface area contributed by atoms with Crippen molar-refractivity contribution in [2.75, 3.05) is 58.3 Å². The van der Waals surface area contributed by atoms with E-state index in [1.165, 1.54) is 5.56 Å². The van der Waals surface area contributed by atoms with E-state index in [0.717, 1.165) is 51.0 Å². The molecule has 0 unspecified atom stereocenters. The molecule has 0 aliphatic carbocycles. The highest BCUT2D eigenvalue weighted by Gasteiger charge is 2.18. The van der Waals surface area contributed by atoms with Crippen LogP contribution in [-0.2, 0) is 6.54 Å². The molecule has 7 nitrogen and oxygen atoms in total. The summed E-state index contributed by atoms with van der Waals surface area (Å²) in [6.07, 6.45) is 1.89. The van der Waals surface area contributed by atoms with E-state index >= 15 is 0 Å². The van der Waals surface area contributed by atoms with Gasteiger partial charge in [-0.3, -0.25) is 9.89 Å². The van der Waals surface area contributed by atoms with Crippen LogP contribution in [0.5, 0.6) is 0 Å². The number of guanidine groups is 1. The first-order valence-electron chi connectivity index (χ1n) is 10.5. The molecule has 0 radical (unpaired) electrons. The Labute approximate surface area is 194 Å². The predicted molar refractivity (Wildman–Crippen MR) is 135 cm³/mol. The van der Waals surface area contributed by atoms with Gasteiger partial charge in [-0.15, -0.1) is 24.0 Å². The Bertz CT molecular complexity index is 605. The second kappa shape index (κ2) is 13.2. The number of anilines is 1. The van der Waals surface area contributed by atoms with Gasteiger partial charge in [0.2, 0.25) is 0 Å². The first kappa shape index (κ1) is 25.9. The molecule has 0 saturated carbocycles. The molecule has 1 saturated heterocycles. The summed E-state index contributed by atoms with van der Waals surface area (Å²) in [6.45, 7) is 15.8. The van der Waals surface area contributed by atoms with Crippen LogP contribution in [0.2, 0.25) is 0 Å². The lowest BCUT2D eigenvalue weighted by molar-refractivity contribution is 0.178. The van der Waals surface area contributed by atoms with E-state index < -0.39 is 0 Å². The molecule has 166 valence electrons. The van der Waals surface area contributed by atoms with Crippen molar-refractivity contribution in [3.8, 4) is 0 Å². The van der Waals surface area contributed by atoms with Crippen LogP contribution in [0.4, 0.5) is 5.82 Å². The van der Waals surface area contributed by atoms with Gasteiger partial charge in [0.1, 0.15) is 5.82 Å². The number of nitrogens with zero attached hydrogens (tertiary/aromatic N) is 5. The van der Waals surface area contributed by atoms with Crippen molar-refractivity contribution in [2.45, 2.75) is 46.3 Å². The van der Waals surface area contributed by atoms with Crippen LogP contribution in [-0.4, -0.2) is 86.2 Å². The van der Waals surface area contributed by atoms with Gasteiger partial charge in [-0.2, -0.15) is 0 Å². The van der Waals surface area contributed by atoms with Crippen molar-refractivity contribution in [3.05, 3.63) is 23.9 Å². The summed E-state index contributed by atoms with van der Waals surface area (Å²) in [6, 6.07) is 5.24. The SMILES string of the molecule is CN=C(NCCN(C(C)C)C(C)C)NCc1cccnc1N1CCN(C)CC1.I. The van der Waals surface area contributed by atoms with Gasteiger partial charge in [0.25, 0.3) is 0 Å². The number of likely N-dealkylation sites (N-methyl/N-ethyl adjacent to an activating group) is 1. The summed E-state index contributed by atoms with van der Waals surface area (Å²) in [4.78, 5) is 16.3. The summed E-state index contributed by atoms with van der Waals surface area (Å²) in [5, 5.41) is 6.89. The molecule has 0 amide bonds. The molecule has 1 fully saturated rings. The van der Waals surface area contributed by atoms with Gasteiger partial charge < -0.3 is 20.4 Å². The zero-order valence-corrected chi connectivity index (χ0v) is 21.3. The topological polar surface area (TPSA) is 59.0 Å². The fourth-order valence-electron chi connectivity index (χ4n) is 3.69. The number of aliphatic imine (C=N–C) groups is 1. The van der Waals surface area contributed by atoms with E-state index in [1.54, 1.807) is 0 Å². The normalized spacial score (nSPS) is 15.8. The fourth-order valence-corrected chi connectivity index (χ4v) is 3.69. The van der Waals surface area contributed by atoms with Crippen LogP contribution < -0.4 is 15.5 Å². The zero-order valence-electron chi connectivity index (χ0n) is 19.0. The fraction of sp³-hybridized carbons (Fsp3) is 0.714. The third-order valence-corrected chi connectivity index (χ3v) is 5.33. The minimum atomic E-state index is 0. The Morgan fingerprint density at radius 2 is 1.79 bits per heavy atom. The molecule has 8 heteroatoms. The van der Waals surface area contributed by atoms with Crippen molar-refractivity contribution < 1.29 is 0 Å². The number of rotatable bonds is 8. The van der Waals surface area contributed by atoms with E-state index in [2.05, 4.69) is 76.1 Å². The van der Waals surface area contributed by atoms with Crippen LogP contribution in [0, 0.1) is 0 Å². The number of aromatic nitrogens is 1. The first-order valence-corrected chi connectivity index (χ1v) is 10.5. The summed E-state index contributed by atoms with van der Waals surface area (Å²) < 4.78 is 0. The van der Waals surface area contributed by atoms with Crippen LogP contribution in [0.25, 0.3) is 0 Å². The molecule has 1 aliphatic heterocycles. The molecule has 0 atom stereocenters. The molecule has 1 aliphatic rings. The second-order valence-electron chi connectivity index (χ2n) is 8.05. The van der Waals surface area contributed by atoms with Crippen LogP contribution in [0.3, 0.4) is 0 Å². The molecule has 29 heavy (non-hydrogen) atoms. The lowest BCUT2D eigenvalue weighted by Crippen LogP contribution is -2.46. The highest BCUT2D eigenvalue weighted by atomic mass is 127. The van der Waals surface area contributed by atoms with Crippen LogP contribution in [0.15, 0.2) is 23.3 Å². The van der Waals surface area contributed by atoms with Crippen molar-refractivity contribution in [3.63, 3.8) is 0 Å². The number of halogens is 1. The lowest BCUT2D eigenvalue weighted by atomic mass is 10.2. The number of hydrogen-bond acceptors (Lipinski definition) is 5. The molecule has 0 aromatic carbocycles. The zero-order chi connectivity index (χ0) is 20.5. The number of nitrogens with one attached hydrogen (secondary N) is 2. The molecule has 0 bridgehead atoms. The molecule has 2 rings (SSSR count). The minimum Gasteiger partial charge on any atom is -0.355 e. The van der Waals surface area contributed by atoms with E-state index in [4.69, 9.17) is 0 Å². The highest BCUT2D eigenvalue weighted by molar-refractivity contribution is 14.0.